The molecular weight excluding hydrogens is 524 g/mol. The second kappa shape index (κ2) is 8.10. The number of Topliss-reactive ketones (excluding diaryl/α,β-unsaturated/α-hetero) is 1. The van der Waals surface area contributed by atoms with Gasteiger partial charge in [-0.25, -0.2) is 4.98 Å². The normalized spacial score (nSPS) is 20.2. The van der Waals surface area contributed by atoms with E-state index in [9.17, 15) is 19.5 Å². The number of aliphatic hydroxyl groups is 1. The first-order chi connectivity index (χ1) is 17.4. The number of carbonyl (C=O) groups excluding carboxylic acids is 3. The number of aliphatic hydroxyl groups excluding tert-OH is 1. The first kappa shape index (κ1) is 22.1. The summed E-state index contributed by atoms with van der Waals surface area (Å²) >= 11 is 3.35. The number of halogens is 1. The lowest BCUT2D eigenvalue weighted by Crippen LogP contribution is -2.60. The van der Waals surface area contributed by atoms with Gasteiger partial charge in [0, 0.05) is 22.7 Å². The number of anilines is 2. The average Bonchev–Trinajstić information content (AvgIpc) is 3.11. The lowest BCUT2D eigenvalue weighted by atomic mass is 9.80. The number of hydrogen-bond acceptors (Lipinski definition) is 6. The van der Waals surface area contributed by atoms with Gasteiger partial charge in [-0.15, -0.1) is 0 Å². The summed E-state index contributed by atoms with van der Waals surface area (Å²) in [4.78, 5) is 51.1. The third kappa shape index (κ3) is 3.16. The molecule has 6 rings (SSSR count). The first-order valence-corrected chi connectivity index (χ1v) is 11.9. The van der Waals surface area contributed by atoms with Crippen molar-refractivity contribution in [2.45, 2.75) is 12.0 Å². The van der Waals surface area contributed by atoms with Crippen LogP contribution in [0, 0.1) is 0 Å². The monoisotopic (exact) mass is 540 g/mol. The number of ketones is 1. The summed E-state index contributed by atoms with van der Waals surface area (Å²) in [5.41, 5.74) is 0.557. The Labute approximate surface area is 213 Å². The SMILES string of the molecule is O=C1C(=O)N2c3ccccc3NC(=O)C2(Cc2cnc3ccccc3n2)/C1=C(\O)c1ccc(Br)cc1. The minimum atomic E-state index is -1.86. The van der Waals surface area contributed by atoms with Gasteiger partial charge in [-0.1, -0.05) is 52.3 Å². The van der Waals surface area contributed by atoms with Crippen molar-refractivity contribution < 1.29 is 19.5 Å². The van der Waals surface area contributed by atoms with E-state index in [0.717, 1.165) is 4.47 Å². The van der Waals surface area contributed by atoms with Crippen molar-refractivity contribution >= 4 is 61.7 Å². The highest BCUT2D eigenvalue weighted by molar-refractivity contribution is 9.10. The molecule has 1 aromatic heterocycles. The number of hydrogen-bond donors (Lipinski definition) is 2. The van der Waals surface area contributed by atoms with Crippen LogP contribution in [0.4, 0.5) is 11.4 Å². The molecule has 0 saturated carbocycles. The number of nitrogens with zero attached hydrogens (tertiary/aromatic N) is 3. The molecule has 36 heavy (non-hydrogen) atoms. The van der Waals surface area contributed by atoms with Crippen LogP contribution in [0.25, 0.3) is 16.8 Å². The second-order valence-corrected chi connectivity index (χ2v) is 9.47. The predicted octanol–water partition coefficient (Wildman–Crippen LogP) is 4.21. The van der Waals surface area contributed by atoms with Crippen LogP contribution in [-0.4, -0.2) is 38.2 Å². The van der Waals surface area contributed by atoms with Gasteiger partial charge in [0.05, 0.1) is 33.7 Å². The van der Waals surface area contributed by atoms with Crippen molar-refractivity contribution in [2.24, 2.45) is 0 Å². The summed E-state index contributed by atoms with van der Waals surface area (Å²) in [5, 5.41) is 14.2. The number of para-hydroxylation sites is 4. The number of amides is 2. The van der Waals surface area contributed by atoms with E-state index >= 15 is 0 Å². The second-order valence-electron chi connectivity index (χ2n) is 8.56. The Kier molecular flexibility index (Phi) is 4.97. The van der Waals surface area contributed by atoms with Crippen molar-refractivity contribution in [1.29, 1.82) is 0 Å². The topological polar surface area (TPSA) is 112 Å². The number of fused-ring (bicyclic) bond motifs is 4. The first-order valence-electron chi connectivity index (χ1n) is 11.1. The van der Waals surface area contributed by atoms with Crippen LogP contribution in [0.2, 0.25) is 0 Å². The van der Waals surface area contributed by atoms with Gasteiger partial charge < -0.3 is 10.4 Å². The van der Waals surface area contributed by atoms with Gasteiger partial charge in [0.1, 0.15) is 5.76 Å². The molecule has 1 unspecified atom stereocenters. The fraction of sp³-hybridized carbons (Fsp3) is 0.0741. The van der Waals surface area contributed by atoms with Gasteiger partial charge in [0.15, 0.2) is 5.54 Å². The molecule has 1 atom stereocenters. The van der Waals surface area contributed by atoms with Crippen LogP contribution in [0.5, 0.6) is 0 Å². The maximum atomic E-state index is 13.9. The lowest BCUT2D eigenvalue weighted by Gasteiger charge is -2.41. The maximum absolute atomic E-state index is 13.9. The Bertz CT molecular complexity index is 1630. The Morgan fingerprint density at radius 2 is 1.64 bits per heavy atom. The fourth-order valence-electron chi connectivity index (χ4n) is 4.86. The molecule has 2 amide bonds. The van der Waals surface area contributed by atoms with E-state index in [1.807, 2.05) is 18.2 Å². The third-order valence-electron chi connectivity index (χ3n) is 6.48. The van der Waals surface area contributed by atoms with Gasteiger partial charge in [-0.2, -0.15) is 0 Å². The Balaban J connectivity index is 1.62. The molecule has 3 heterocycles. The zero-order valence-corrected chi connectivity index (χ0v) is 20.2. The molecule has 176 valence electrons. The minimum absolute atomic E-state index is 0.168. The van der Waals surface area contributed by atoms with Crippen LogP contribution >= 0.6 is 15.9 Å². The highest BCUT2D eigenvalue weighted by Crippen LogP contribution is 2.48. The third-order valence-corrected chi connectivity index (χ3v) is 7.01. The molecule has 4 aromatic rings. The molecule has 2 N–H and O–H groups in total. The Morgan fingerprint density at radius 3 is 2.42 bits per heavy atom. The number of aromatic nitrogens is 2. The summed E-state index contributed by atoms with van der Waals surface area (Å²) in [7, 11) is 0. The van der Waals surface area contributed by atoms with Gasteiger partial charge >= 0.3 is 5.91 Å². The molecule has 0 radical (unpaired) electrons. The Hall–Kier alpha value is -4.37. The van der Waals surface area contributed by atoms with Crippen LogP contribution < -0.4 is 10.2 Å². The van der Waals surface area contributed by atoms with Crippen LogP contribution in [0.15, 0.2) is 89.0 Å². The fourth-order valence-corrected chi connectivity index (χ4v) is 5.12. The predicted molar refractivity (Wildman–Crippen MR) is 137 cm³/mol. The molecule has 2 aliphatic rings. The quantitative estimate of drug-likeness (QED) is 0.228. The van der Waals surface area contributed by atoms with Crippen molar-refractivity contribution in [2.75, 3.05) is 10.2 Å². The molecule has 1 saturated heterocycles. The number of carbonyl (C=O) groups is 3. The maximum Gasteiger partial charge on any atom is 0.300 e. The van der Waals surface area contributed by atoms with E-state index in [0.29, 0.717) is 33.7 Å². The molecule has 3 aromatic carbocycles. The van der Waals surface area contributed by atoms with Crippen LogP contribution in [0.1, 0.15) is 11.3 Å². The van der Waals surface area contributed by atoms with Crippen LogP contribution in [-0.2, 0) is 20.8 Å². The van der Waals surface area contributed by atoms with Crippen molar-refractivity contribution in [3.63, 3.8) is 0 Å². The highest BCUT2D eigenvalue weighted by atomic mass is 79.9. The van der Waals surface area contributed by atoms with E-state index in [2.05, 4.69) is 31.2 Å². The largest absolute Gasteiger partial charge is 0.507 e. The summed E-state index contributed by atoms with van der Waals surface area (Å²) in [6.45, 7) is 0. The zero-order valence-electron chi connectivity index (χ0n) is 18.6. The minimum Gasteiger partial charge on any atom is -0.507 e. The van der Waals surface area contributed by atoms with Crippen molar-refractivity contribution in [1.82, 2.24) is 9.97 Å². The smallest absolute Gasteiger partial charge is 0.300 e. The van der Waals surface area contributed by atoms with Crippen molar-refractivity contribution in [3.8, 4) is 0 Å². The number of benzene rings is 3. The van der Waals surface area contributed by atoms with Gasteiger partial charge in [0.2, 0.25) is 0 Å². The molecular formula is C27H17BrN4O4. The van der Waals surface area contributed by atoms with E-state index in [-0.39, 0.29) is 12.0 Å². The van der Waals surface area contributed by atoms with Gasteiger partial charge in [-0.05, 0) is 36.4 Å². The van der Waals surface area contributed by atoms with Crippen LogP contribution in [0.3, 0.4) is 0 Å². The molecule has 0 spiro atoms. The summed E-state index contributed by atoms with van der Waals surface area (Å²) in [6, 6.07) is 20.6. The molecule has 2 aliphatic heterocycles. The Morgan fingerprint density at radius 1 is 0.944 bits per heavy atom. The van der Waals surface area contributed by atoms with Gasteiger partial charge in [-0.3, -0.25) is 24.3 Å². The number of rotatable bonds is 3. The molecule has 0 aliphatic carbocycles. The van der Waals surface area contributed by atoms with E-state index < -0.39 is 28.9 Å². The standard InChI is InChI=1S/C27H17BrN4O4/c28-16-11-9-15(10-12-16)23(33)22-24(34)25(35)32-21-8-4-3-7-20(21)31-26(36)27(22,32)13-17-14-29-18-5-1-2-6-19(18)30-17/h1-12,14,33H,13H2,(H,31,36)/b23-22-. The van der Waals surface area contributed by atoms with Gasteiger partial charge in [0.25, 0.3) is 11.7 Å². The van der Waals surface area contributed by atoms with Crippen molar-refractivity contribution in [3.05, 3.63) is 100 Å². The van der Waals surface area contributed by atoms with E-state index in [1.165, 1.54) is 11.1 Å². The van der Waals surface area contributed by atoms with E-state index in [1.54, 1.807) is 54.6 Å². The summed E-state index contributed by atoms with van der Waals surface area (Å²) < 4.78 is 0.769. The average molecular weight is 541 g/mol. The summed E-state index contributed by atoms with van der Waals surface area (Å²) in [5.74, 6) is -2.90. The lowest BCUT2D eigenvalue weighted by molar-refractivity contribution is -0.132. The molecule has 1 fully saturated rings. The molecule has 9 heteroatoms. The summed E-state index contributed by atoms with van der Waals surface area (Å²) in [6.07, 6.45) is 1.35. The molecule has 8 nitrogen and oxygen atoms in total. The zero-order chi connectivity index (χ0) is 25.0. The highest BCUT2D eigenvalue weighted by Gasteiger charge is 2.64. The number of nitrogens with one attached hydrogen (secondary N) is 1. The molecule has 0 bridgehead atoms. The van der Waals surface area contributed by atoms with E-state index in [4.69, 9.17) is 0 Å².